The van der Waals surface area contributed by atoms with Crippen molar-refractivity contribution in [3.63, 3.8) is 0 Å². The Morgan fingerprint density at radius 1 is 0.333 bits per heavy atom. The Kier molecular flexibility index (Phi) is 6.81. The number of hydrogen-bond acceptors (Lipinski definition) is 3. The van der Waals surface area contributed by atoms with Crippen molar-refractivity contribution in [3.05, 3.63) is 182 Å². The Bertz CT molecular complexity index is 2910. The number of rotatable bonds is 5. The van der Waals surface area contributed by atoms with Gasteiger partial charge in [0.2, 0.25) is 0 Å². The number of benzene rings is 8. The van der Waals surface area contributed by atoms with Gasteiger partial charge in [-0.05, 0) is 80.2 Å². The van der Waals surface area contributed by atoms with Crippen LogP contribution in [-0.4, -0.2) is 9.97 Å². The highest BCUT2D eigenvalue weighted by molar-refractivity contribution is 6.07. The largest absolute Gasteiger partial charge is 0.456 e. The standard InChI is InChI=1S/C48H30N2O/c1-3-11-31(12-4-1)40-25-23-32-13-7-8-16-39(32)47(40)44-30-43(49-48(50-44)33-14-5-2-6-15-33)38-22-21-34-27-35(19-20-36(34)28-38)37-24-26-46-42(29-37)41-17-9-10-18-45(41)51-46/h1-30H. The molecule has 3 heteroatoms. The van der Waals surface area contributed by atoms with Crippen LogP contribution in [0.4, 0.5) is 0 Å². The summed E-state index contributed by atoms with van der Waals surface area (Å²) in [5, 5.41) is 6.94. The van der Waals surface area contributed by atoms with Gasteiger partial charge in [-0.3, -0.25) is 0 Å². The highest BCUT2D eigenvalue weighted by Crippen LogP contribution is 2.40. The normalized spacial score (nSPS) is 11.5. The number of fused-ring (bicyclic) bond motifs is 5. The molecule has 51 heavy (non-hydrogen) atoms. The zero-order chi connectivity index (χ0) is 33.7. The van der Waals surface area contributed by atoms with Crippen molar-refractivity contribution in [2.45, 2.75) is 0 Å². The molecule has 0 fully saturated rings. The summed E-state index contributed by atoms with van der Waals surface area (Å²) in [6, 6.07) is 64.0. The minimum Gasteiger partial charge on any atom is -0.456 e. The fourth-order valence-corrected chi connectivity index (χ4v) is 7.34. The van der Waals surface area contributed by atoms with Crippen LogP contribution in [0.3, 0.4) is 0 Å². The first-order valence-electron chi connectivity index (χ1n) is 17.2. The lowest BCUT2D eigenvalue weighted by Gasteiger charge is -2.16. The molecule has 2 heterocycles. The molecule has 2 aromatic heterocycles. The Morgan fingerprint density at radius 3 is 1.75 bits per heavy atom. The van der Waals surface area contributed by atoms with Gasteiger partial charge < -0.3 is 4.42 Å². The molecule has 0 atom stereocenters. The van der Waals surface area contributed by atoms with Crippen molar-refractivity contribution in [2.75, 3.05) is 0 Å². The van der Waals surface area contributed by atoms with Gasteiger partial charge in [-0.1, -0.05) is 146 Å². The molecule has 0 bridgehead atoms. The van der Waals surface area contributed by atoms with E-state index in [0.29, 0.717) is 5.82 Å². The van der Waals surface area contributed by atoms with Crippen molar-refractivity contribution < 1.29 is 4.42 Å². The topological polar surface area (TPSA) is 38.9 Å². The molecule has 0 aliphatic carbocycles. The molecule has 10 aromatic rings. The zero-order valence-corrected chi connectivity index (χ0v) is 27.6. The third kappa shape index (κ3) is 5.15. The van der Waals surface area contributed by atoms with Crippen LogP contribution in [0.15, 0.2) is 186 Å². The predicted octanol–water partition coefficient (Wildman–Crippen LogP) is 13.0. The number of nitrogens with zero attached hydrogens (tertiary/aromatic N) is 2. The summed E-state index contributed by atoms with van der Waals surface area (Å²) < 4.78 is 6.08. The fourth-order valence-electron chi connectivity index (χ4n) is 7.34. The van der Waals surface area contributed by atoms with Crippen LogP contribution in [0.5, 0.6) is 0 Å². The molecule has 0 amide bonds. The van der Waals surface area contributed by atoms with E-state index in [1.54, 1.807) is 0 Å². The minimum absolute atomic E-state index is 0.702. The maximum absolute atomic E-state index is 6.08. The van der Waals surface area contributed by atoms with Crippen LogP contribution in [-0.2, 0) is 0 Å². The monoisotopic (exact) mass is 650 g/mol. The summed E-state index contributed by atoms with van der Waals surface area (Å²) in [4.78, 5) is 10.4. The predicted molar refractivity (Wildman–Crippen MR) is 212 cm³/mol. The Labute approximate surface area is 295 Å². The van der Waals surface area contributed by atoms with Crippen molar-refractivity contribution >= 4 is 43.5 Å². The third-order valence-corrected chi connectivity index (χ3v) is 9.87. The van der Waals surface area contributed by atoms with Gasteiger partial charge >= 0.3 is 0 Å². The number of hydrogen-bond donors (Lipinski definition) is 0. The van der Waals surface area contributed by atoms with E-state index in [2.05, 4.69) is 152 Å². The summed E-state index contributed by atoms with van der Waals surface area (Å²) >= 11 is 0. The average Bonchev–Trinajstić information content (AvgIpc) is 3.58. The first-order chi connectivity index (χ1) is 25.2. The smallest absolute Gasteiger partial charge is 0.160 e. The number of aromatic nitrogens is 2. The molecular formula is C48H30N2O. The van der Waals surface area contributed by atoms with Gasteiger partial charge in [0, 0.05) is 27.5 Å². The second kappa shape index (κ2) is 11.9. The minimum atomic E-state index is 0.702. The lowest BCUT2D eigenvalue weighted by Crippen LogP contribution is -1.98. The van der Waals surface area contributed by atoms with Gasteiger partial charge in [-0.15, -0.1) is 0 Å². The van der Waals surface area contributed by atoms with Crippen LogP contribution < -0.4 is 0 Å². The molecule has 3 nitrogen and oxygen atoms in total. The molecule has 0 aliphatic rings. The van der Waals surface area contributed by atoms with Crippen LogP contribution in [0.1, 0.15) is 0 Å². The molecule has 0 saturated heterocycles. The quantitative estimate of drug-likeness (QED) is 0.186. The molecule has 0 unspecified atom stereocenters. The highest BCUT2D eigenvalue weighted by atomic mass is 16.3. The van der Waals surface area contributed by atoms with Crippen LogP contribution in [0, 0.1) is 0 Å². The zero-order valence-electron chi connectivity index (χ0n) is 27.6. The SMILES string of the molecule is c1ccc(-c2nc(-c3ccc4cc(-c5ccc6oc7ccccc7c6c5)ccc4c3)cc(-c3c(-c4ccccc4)ccc4ccccc34)n2)cc1. The van der Waals surface area contributed by atoms with Crippen LogP contribution in [0.25, 0.3) is 99.6 Å². The van der Waals surface area contributed by atoms with E-state index < -0.39 is 0 Å². The van der Waals surface area contributed by atoms with E-state index >= 15 is 0 Å². The van der Waals surface area contributed by atoms with E-state index in [1.807, 2.05) is 30.3 Å². The first-order valence-corrected chi connectivity index (χ1v) is 17.2. The van der Waals surface area contributed by atoms with Crippen molar-refractivity contribution in [1.29, 1.82) is 0 Å². The average molecular weight is 651 g/mol. The molecule has 0 spiro atoms. The van der Waals surface area contributed by atoms with Crippen molar-refractivity contribution in [2.24, 2.45) is 0 Å². The van der Waals surface area contributed by atoms with Crippen LogP contribution in [0.2, 0.25) is 0 Å². The van der Waals surface area contributed by atoms with Gasteiger partial charge in [0.1, 0.15) is 11.2 Å². The summed E-state index contributed by atoms with van der Waals surface area (Å²) in [6.07, 6.45) is 0. The van der Waals surface area contributed by atoms with Crippen molar-refractivity contribution in [3.8, 4) is 56.2 Å². The number of furan rings is 1. The Balaban J connectivity index is 1.12. The van der Waals surface area contributed by atoms with Gasteiger partial charge in [0.15, 0.2) is 5.82 Å². The van der Waals surface area contributed by atoms with E-state index in [1.165, 1.54) is 16.3 Å². The summed E-state index contributed by atoms with van der Waals surface area (Å²) in [7, 11) is 0. The molecule has 8 aromatic carbocycles. The number of para-hydroxylation sites is 1. The summed E-state index contributed by atoms with van der Waals surface area (Å²) in [5.41, 5.74) is 11.4. The van der Waals surface area contributed by atoms with Gasteiger partial charge in [-0.2, -0.15) is 0 Å². The molecule has 10 rings (SSSR count). The Hall–Kier alpha value is -6.84. The molecular weight excluding hydrogens is 621 g/mol. The fraction of sp³-hybridized carbons (Fsp3) is 0. The van der Waals surface area contributed by atoms with Crippen molar-refractivity contribution in [1.82, 2.24) is 9.97 Å². The van der Waals surface area contributed by atoms with E-state index in [-0.39, 0.29) is 0 Å². The maximum atomic E-state index is 6.08. The second-order valence-corrected chi connectivity index (χ2v) is 13.0. The molecule has 0 aliphatic heterocycles. The van der Waals surface area contributed by atoms with Gasteiger partial charge in [0.25, 0.3) is 0 Å². The summed E-state index contributed by atoms with van der Waals surface area (Å²) in [5.74, 6) is 0.702. The van der Waals surface area contributed by atoms with Gasteiger partial charge in [-0.25, -0.2) is 9.97 Å². The first kappa shape index (κ1) is 29.1. The maximum Gasteiger partial charge on any atom is 0.160 e. The summed E-state index contributed by atoms with van der Waals surface area (Å²) in [6.45, 7) is 0. The Morgan fingerprint density at radius 2 is 0.922 bits per heavy atom. The second-order valence-electron chi connectivity index (χ2n) is 13.0. The molecule has 0 N–H and O–H groups in total. The lowest BCUT2D eigenvalue weighted by atomic mass is 9.91. The molecule has 238 valence electrons. The highest BCUT2D eigenvalue weighted by Gasteiger charge is 2.17. The third-order valence-electron chi connectivity index (χ3n) is 9.87. The van der Waals surface area contributed by atoms with E-state index in [9.17, 15) is 0 Å². The van der Waals surface area contributed by atoms with E-state index in [4.69, 9.17) is 14.4 Å². The lowest BCUT2D eigenvalue weighted by molar-refractivity contribution is 0.669. The van der Waals surface area contributed by atoms with Crippen LogP contribution >= 0.6 is 0 Å². The molecule has 0 radical (unpaired) electrons. The molecule has 0 saturated carbocycles. The van der Waals surface area contributed by atoms with E-state index in [0.717, 1.165) is 77.5 Å². The van der Waals surface area contributed by atoms with Gasteiger partial charge in [0.05, 0.1) is 11.4 Å².